The highest BCUT2D eigenvalue weighted by Crippen LogP contribution is 2.42. The normalized spacial score (nSPS) is 12.8. The molecule has 0 unspecified atom stereocenters. The van der Waals surface area contributed by atoms with Crippen molar-refractivity contribution in [2.24, 2.45) is 7.05 Å². The summed E-state index contributed by atoms with van der Waals surface area (Å²) in [6.07, 6.45) is 0. The Balaban J connectivity index is 1.97. The van der Waals surface area contributed by atoms with E-state index in [0.717, 1.165) is 0 Å². The molecule has 0 atom stereocenters. The molecule has 0 N–H and O–H groups in total. The number of hydrogen-bond donors (Lipinski definition) is 0. The molecule has 5 aromatic rings. The lowest BCUT2D eigenvalue weighted by molar-refractivity contribution is 0.591. The van der Waals surface area contributed by atoms with Crippen molar-refractivity contribution in [3.05, 3.63) is 60.2 Å². The van der Waals surface area contributed by atoms with Crippen LogP contribution in [0.4, 0.5) is 0 Å². The van der Waals surface area contributed by atoms with Crippen molar-refractivity contribution in [1.29, 1.82) is 0 Å². The van der Waals surface area contributed by atoms with Crippen LogP contribution in [0.3, 0.4) is 0 Å². The van der Waals surface area contributed by atoms with E-state index in [0.29, 0.717) is 0 Å². The van der Waals surface area contributed by atoms with Crippen LogP contribution in [0.25, 0.3) is 42.0 Å². The average Bonchev–Trinajstić information content (AvgIpc) is 3.10. The molecule has 1 nitrogen and oxygen atoms in total. The van der Waals surface area contributed by atoms with E-state index < -0.39 is 0 Å². The molecule has 0 aliphatic rings. The molecule has 0 aliphatic carbocycles. The predicted octanol–water partition coefficient (Wildman–Crippen LogP) is 7.00. The minimum Gasteiger partial charge on any atom is -0.344 e. The van der Waals surface area contributed by atoms with Gasteiger partial charge in [-0.1, -0.05) is 57.2 Å². The van der Waals surface area contributed by atoms with Gasteiger partial charge >= 0.3 is 0 Å². The fourth-order valence-corrected chi connectivity index (χ4v) is 5.24. The van der Waals surface area contributed by atoms with E-state index in [1.807, 2.05) is 11.3 Å². The molecular formula is C23H21NS. The molecule has 0 bridgehead atoms. The van der Waals surface area contributed by atoms with Crippen LogP contribution >= 0.6 is 11.3 Å². The molecule has 0 fully saturated rings. The Labute approximate surface area is 151 Å². The molecule has 0 saturated heterocycles. The number of thiophene rings is 1. The highest BCUT2D eigenvalue weighted by molar-refractivity contribution is 7.26. The van der Waals surface area contributed by atoms with E-state index in [2.05, 4.69) is 87.0 Å². The van der Waals surface area contributed by atoms with Crippen molar-refractivity contribution in [1.82, 2.24) is 4.57 Å². The fraction of sp³-hybridized carbons (Fsp3) is 0.217. The van der Waals surface area contributed by atoms with Crippen LogP contribution < -0.4 is 0 Å². The van der Waals surface area contributed by atoms with Gasteiger partial charge < -0.3 is 4.57 Å². The van der Waals surface area contributed by atoms with Crippen molar-refractivity contribution in [3.63, 3.8) is 0 Å². The monoisotopic (exact) mass is 343 g/mol. The third kappa shape index (κ3) is 2.01. The Bertz CT molecular complexity index is 1280. The summed E-state index contributed by atoms with van der Waals surface area (Å²) in [7, 11) is 2.17. The van der Waals surface area contributed by atoms with Gasteiger partial charge in [-0.25, -0.2) is 0 Å². The predicted molar refractivity (Wildman–Crippen MR) is 112 cm³/mol. The van der Waals surface area contributed by atoms with Crippen molar-refractivity contribution in [2.45, 2.75) is 26.2 Å². The van der Waals surface area contributed by atoms with Crippen LogP contribution in [0.1, 0.15) is 26.3 Å². The summed E-state index contributed by atoms with van der Waals surface area (Å²) in [5.74, 6) is 0. The Kier molecular flexibility index (Phi) is 2.91. The second-order valence-corrected chi connectivity index (χ2v) is 9.03. The van der Waals surface area contributed by atoms with Gasteiger partial charge in [0.1, 0.15) is 0 Å². The van der Waals surface area contributed by atoms with Crippen molar-refractivity contribution >= 4 is 53.3 Å². The fourth-order valence-electron chi connectivity index (χ4n) is 3.94. The van der Waals surface area contributed by atoms with Crippen molar-refractivity contribution < 1.29 is 0 Å². The molecule has 0 saturated carbocycles. The number of rotatable bonds is 0. The van der Waals surface area contributed by atoms with Gasteiger partial charge in [0, 0.05) is 43.5 Å². The summed E-state index contributed by atoms with van der Waals surface area (Å²) in [6, 6.07) is 20.3. The van der Waals surface area contributed by atoms with Gasteiger partial charge in [-0.05, 0) is 29.2 Å². The van der Waals surface area contributed by atoms with Gasteiger partial charge in [-0.15, -0.1) is 11.3 Å². The average molecular weight is 343 g/mol. The molecule has 0 aliphatic heterocycles. The molecular weight excluding hydrogens is 322 g/mol. The summed E-state index contributed by atoms with van der Waals surface area (Å²) in [5.41, 5.74) is 4.20. The molecule has 0 radical (unpaired) electrons. The Hall–Kier alpha value is -2.32. The van der Waals surface area contributed by atoms with Crippen LogP contribution in [0.5, 0.6) is 0 Å². The first-order chi connectivity index (χ1) is 11.9. The van der Waals surface area contributed by atoms with E-state index in [-0.39, 0.29) is 5.41 Å². The summed E-state index contributed by atoms with van der Waals surface area (Å²) in [4.78, 5) is 0. The lowest BCUT2D eigenvalue weighted by atomic mass is 9.87. The highest BCUT2D eigenvalue weighted by Gasteiger charge is 2.17. The molecule has 2 aromatic heterocycles. The minimum absolute atomic E-state index is 0.180. The van der Waals surface area contributed by atoms with E-state index in [4.69, 9.17) is 0 Å². The largest absolute Gasteiger partial charge is 0.344 e. The van der Waals surface area contributed by atoms with E-state index >= 15 is 0 Å². The van der Waals surface area contributed by atoms with E-state index in [1.165, 1.54) is 47.5 Å². The molecule has 0 spiro atoms. The lowest BCUT2D eigenvalue weighted by Crippen LogP contribution is -2.10. The lowest BCUT2D eigenvalue weighted by Gasteiger charge is -2.18. The Morgan fingerprint density at radius 3 is 2.36 bits per heavy atom. The molecule has 2 heteroatoms. The van der Waals surface area contributed by atoms with Gasteiger partial charge in [-0.2, -0.15) is 0 Å². The number of aromatic nitrogens is 1. The third-order valence-electron chi connectivity index (χ3n) is 5.38. The first kappa shape index (κ1) is 15.0. The maximum Gasteiger partial charge on any atom is 0.0503 e. The smallest absolute Gasteiger partial charge is 0.0503 e. The zero-order valence-corrected chi connectivity index (χ0v) is 15.9. The molecule has 0 amide bonds. The minimum atomic E-state index is 0.180. The number of benzene rings is 3. The number of hydrogen-bond acceptors (Lipinski definition) is 1. The van der Waals surface area contributed by atoms with Crippen LogP contribution in [0.2, 0.25) is 0 Å². The van der Waals surface area contributed by atoms with Crippen LogP contribution in [-0.4, -0.2) is 4.57 Å². The standard InChI is InChI=1S/C23H21NS/c1-23(2,3)14-9-10-15-16-11-12-19-21(22(16)25-20(15)13-14)17-7-5-6-8-18(17)24(19)4/h5-13H,1-4H3. The number of aryl methyl sites for hydroxylation is 1. The third-order valence-corrected chi connectivity index (χ3v) is 6.57. The van der Waals surface area contributed by atoms with Gasteiger partial charge in [0.2, 0.25) is 0 Å². The second-order valence-electron chi connectivity index (χ2n) is 7.98. The number of nitrogens with zero attached hydrogens (tertiary/aromatic N) is 1. The zero-order valence-electron chi connectivity index (χ0n) is 15.1. The van der Waals surface area contributed by atoms with Gasteiger partial charge in [0.05, 0.1) is 5.52 Å². The SMILES string of the molecule is Cn1c2ccccc2c2c3sc4cc(C(C)(C)C)ccc4c3ccc21. The topological polar surface area (TPSA) is 4.93 Å². The van der Waals surface area contributed by atoms with Gasteiger partial charge in [-0.3, -0.25) is 0 Å². The van der Waals surface area contributed by atoms with Crippen LogP contribution in [0.15, 0.2) is 54.6 Å². The van der Waals surface area contributed by atoms with Crippen LogP contribution in [-0.2, 0) is 12.5 Å². The molecule has 124 valence electrons. The van der Waals surface area contributed by atoms with E-state index in [1.54, 1.807) is 0 Å². The number of fused-ring (bicyclic) bond motifs is 7. The maximum absolute atomic E-state index is 2.39. The zero-order chi connectivity index (χ0) is 17.3. The van der Waals surface area contributed by atoms with Gasteiger partial charge in [0.15, 0.2) is 0 Å². The molecule has 3 aromatic carbocycles. The van der Waals surface area contributed by atoms with Gasteiger partial charge in [0.25, 0.3) is 0 Å². The summed E-state index contributed by atoms with van der Waals surface area (Å²) in [6.45, 7) is 6.85. The van der Waals surface area contributed by atoms with Crippen molar-refractivity contribution in [3.8, 4) is 0 Å². The summed E-state index contributed by atoms with van der Waals surface area (Å²) >= 11 is 1.94. The molecule has 25 heavy (non-hydrogen) atoms. The molecule has 2 heterocycles. The van der Waals surface area contributed by atoms with Crippen molar-refractivity contribution in [2.75, 3.05) is 0 Å². The van der Waals surface area contributed by atoms with Crippen LogP contribution in [0, 0.1) is 0 Å². The summed E-state index contributed by atoms with van der Waals surface area (Å²) in [5, 5.41) is 5.51. The Morgan fingerprint density at radius 2 is 1.56 bits per heavy atom. The number of para-hydroxylation sites is 1. The first-order valence-corrected chi connectivity index (χ1v) is 9.60. The Morgan fingerprint density at radius 1 is 0.800 bits per heavy atom. The quantitative estimate of drug-likeness (QED) is 0.285. The summed E-state index contributed by atoms with van der Waals surface area (Å²) < 4.78 is 5.12. The first-order valence-electron chi connectivity index (χ1n) is 8.78. The van der Waals surface area contributed by atoms with E-state index in [9.17, 15) is 0 Å². The second kappa shape index (κ2) is 4.86. The maximum atomic E-state index is 2.39. The molecule has 5 rings (SSSR count). The highest BCUT2D eigenvalue weighted by atomic mass is 32.1.